The van der Waals surface area contributed by atoms with Gasteiger partial charge in [-0.3, -0.25) is 0 Å². The standard InChI is InChI=1S/C16H16F2N6/c17-9-4-11-12(7-21-14(11)20-5-9)15-22-8-13(18)16(24-15)23-10-2-1-3-19-6-10/h4-5,7-8,10,19H,1-3,6H2,(H,20,21)(H,22,23,24)/t10-/m0/s1. The molecule has 1 aliphatic rings. The second kappa shape index (κ2) is 6.12. The Hall–Kier alpha value is -2.61. The van der Waals surface area contributed by atoms with Crippen molar-refractivity contribution in [3.63, 3.8) is 0 Å². The first-order valence-electron chi connectivity index (χ1n) is 7.83. The SMILES string of the molecule is Fc1cnc2[nH]cc(-c3ncc(F)c(N[C@H]4CCCNC4)n3)c2c1. The normalized spacial score (nSPS) is 18.0. The molecule has 6 nitrogen and oxygen atoms in total. The van der Waals surface area contributed by atoms with Crippen molar-refractivity contribution in [1.29, 1.82) is 0 Å². The fourth-order valence-corrected chi connectivity index (χ4v) is 2.93. The van der Waals surface area contributed by atoms with Crippen molar-refractivity contribution >= 4 is 16.9 Å². The molecule has 3 aromatic rings. The number of anilines is 1. The van der Waals surface area contributed by atoms with Gasteiger partial charge in [0.2, 0.25) is 0 Å². The molecule has 0 saturated carbocycles. The molecule has 3 N–H and O–H groups in total. The molecule has 1 fully saturated rings. The summed E-state index contributed by atoms with van der Waals surface area (Å²) in [6, 6.07) is 1.48. The van der Waals surface area contributed by atoms with Crippen LogP contribution in [-0.2, 0) is 0 Å². The number of hydrogen-bond acceptors (Lipinski definition) is 5. The van der Waals surface area contributed by atoms with Crippen molar-refractivity contribution in [1.82, 2.24) is 25.3 Å². The van der Waals surface area contributed by atoms with Crippen LogP contribution in [0, 0.1) is 11.6 Å². The first-order valence-corrected chi connectivity index (χ1v) is 7.83. The molecule has 4 heterocycles. The van der Waals surface area contributed by atoms with Crippen LogP contribution in [-0.4, -0.2) is 39.1 Å². The molecule has 4 rings (SSSR count). The second-order valence-electron chi connectivity index (χ2n) is 5.83. The van der Waals surface area contributed by atoms with Gasteiger partial charge in [0.15, 0.2) is 17.5 Å². The van der Waals surface area contributed by atoms with Crippen molar-refractivity contribution in [3.05, 3.63) is 36.3 Å². The van der Waals surface area contributed by atoms with Gasteiger partial charge in [0.1, 0.15) is 11.5 Å². The number of aromatic nitrogens is 4. The van der Waals surface area contributed by atoms with E-state index in [-0.39, 0.29) is 11.9 Å². The maximum Gasteiger partial charge on any atom is 0.183 e. The van der Waals surface area contributed by atoms with Crippen LogP contribution in [0.25, 0.3) is 22.4 Å². The van der Waals surface area contributed by atoms with E-state index in [0.717, 1.165) is 38.3 Å². The van der Waals surface area contributed by atoms with Crippen LogP contribution in [0.15, 0.2) is 24.7 Å². The smallest absolute Gasteiger partial charge is 0.183 e. The number of nitrogens with one attached hydrogen (secondary N) is 3. The van der Waals surface area contributed by atoms with Gasteiger partial charge < -0.3 is 15.6 Å². The van der Waals surface area contributed by atoms with Crippen molar-refractivity contribution in [2.75, 3.05) is 18.4 Å². The minimum atomic E-state index is -0.506. The lowest BCUT2D eigenvalue weighted by Crippen LogP contribution is -2.38. The zero-order chi connectivity index (χ0) is 16.5. The summed E-state index contributed by atoms with van der Waals surface area (Å²) in [6.45, 7) is 1.74. The summed E-state index contributed by atoms with van der Waals surface area (Å²) in [4.78, 5) is 15.3. The summed E-state index contributed by atoms with van der Waals surface area (Å²) in [5.74, 6) is -0.473. The third-order valence-electron chi connectivity index (χ3n) is 4.12. The van der Waals surface area contributed by atoms with E-state index in [1.807, 2.05) is 0 Å². The lowest BCUT2D eigenvalue weighted by molar-refractivity contribution is 0.476. The molecule has 0 amide bonds. The largest absolute Gasteiger partial charge is 0.364 e. The van der Waals surface area contributed by atoms with Gasteiger partial charge in [0.25, 0.3) is 0 Å². The van der Waals surface area contributed by atoms with Gasteiger partial charge in [0.05, 0.1) is 12.4 Å². The highest BCUT2D eigenvalue weighted by molar-refractivity contribution is 5.91. The number of nitrogens with zero attached hydrogens (tertiary/aromatic N) is 3. The highest BCUT2D eigenvalue weighted by Crippen LogP contribution is 2.27. The minimum Gasteiger partial charge on any atom is -0.364 e. The van der Waals surface area contributed by atoms with Gasteiger partial charge in [-0.05, 0) is 25.5 Å². The average molecular weight is 330 g/mol. The quantitative estimate of drug-likeness (QED) is 0.687. The van der Waals surface area contributed by atoms with Crippen molar-refractivity contribution < 1.29 is 8.78 Å². The number of H-pyrrole nitrogens is 1. The van der Waals surface area contributed by atoms with E-state index in [4.69, 9.17) is 0 Å². The second-order valence-corrected chi connectivity index (χ2v) is 5.83. The summed E-state index contributed by atoms with van der Waals surface area (Å²) in [5, 5.41) is 6.95. The number of piperidine rings is 1. The van der Waals surface area contributed by atoms with E-state index < -0.39 is 11.6 Å². The molecule has 1 saturated heterocycles. The number of hydrogen-bond donors (Lipinski definition) is 3. The molecule has 0 spiro atoms. The monoisotopic (exact) mass is 330 g/mol. The Morgan fingerprint density at radius 1 is 1.21 bits per heavy atom. The average Bonchev–Trinajstić information content (AvgIpc) is 3.01. The Labute approximate surface area is 136 Å². The molecule has 1 aliphatic heterocycles. The Morgan fingerprint density at radius 2 is 2.12 bits per heavy atom. The Morgan fingerprint density at radius 3 is 2.96 bits per heavy atom. The van der Waals surface area contributed by atoms with Gasteiger partial charge in [-0.15, -0.1) is 0 Å². The molecule has 0 aromatic carbocycles. The number of halogens is 2. The van der Waals surface area contributed by atoms with Gasteiger partial charge in [0, 0.05) is 29.7 Å². The minimum absolute atomic E-state index is 0.123. The van der Waals surface area contributed by atoms with Crippen LogP contribution < -0.4 is 10.6 Å². The van der Waals surface area contributed by atoms with Gasteiger partial charge in [-0.25, -0.2) is 23.7 Å². The molecule has 1 atom stereocenters. The lowest BCUT2D eigenvalue weighted by atomic mass is 10.1. The molecule has 0 bridgehead atoms. The maximum absolute atomic E-state index is 14.1. The lowest BCUT2D eigenvalue weighted by Gasteiger charge is -2.24. The maximum atomic E-state index is 14.1. The summed E-state index contributed by atoms with van der Waals surface area (Å²) < 4.78 is 27.5. The Bertz CT molecular complexity index is 872. The fourth-order valence-electron chi connectivity index (χ4n) is 2.93. The van der Waals surface area contributed by atoms with E-state index in [2.05, 4.69) is 30.6 Å². The molecule has 8 heteroatoms. The predicted molar refractivity (Wildman–Crippen MR) is 86.6 cm³/mol. The zero-order valence-electron chi connectivity index (χ0n) is 12.8. The van der Waals surface area contributed by atoms with E-state index in [1.165, 1.54) is 6.07 Å². The topological polar surface area (TPSA) is 78.5 Å². The summed E-state index contributed by atoms with van der Waals surface area (Å²) in [7, 11) is 0. The zero-order valence-corrected chi connectivity index (χ0v) is 12.8. The molecule has 0 unspecified atom stereocenters. The third-order valence-corrected chi connectivity index (χ3v) is 4.12. The molecule has 3 aromatic heterocycles. The first kappa shape index (κ1) is 14.9. The fraction of sp³-hybridized carbons (Fsp3) is 0.312. The molecule has 0 radical (unpaired) electrons. The predicted octanol–water partition coefficient (Wildman–Crippen LogP) is 2.46. The summed E-state index contributed by atoms with van der Waals surface area (Å²) >= 11 is 0. The highest BCUT2D eigenvalue weighted by Gasteiger charge is 2.18. The van der Waals surface area contributed by atoms with Crippen molar-refractivity contribution in [2.24, 2.45) is 0 Å². The van der Waals surface area contributed by atoms with Crippen LogP contribution in [0.1, 0.15) is 12.8 Å². The first-order chi connectivity index (χ1) is 11.7. The van der Waals surface area contributed by atoms with Crippen LogP contribution in [0.4, 0.5) is 14.6 Å². The molecule has 0 aliphatic carbocycles. The van der Waals surface area contributed by atoms with E-state index in [9.17, 15) is 8.78 Å². The Balaban J connectivity index is 1.70. The Kier molecular flexibility index (Phi) is 3.81. The molecule has 124 valence electrons. The van der Waals surface area contributed by atoms with Crippen LogP contribution in [0.2, 0.25) is 0 Å². The number of fused-ring (bicyclic) bond motifs is 1. The summed E-state index contributed by atoms with van der Waals surface area (Å²) in [5.41, 5.74) is 1.12. The number of pyridine rings is 1. The summed E-state index contributed by atoms with van der Waals surface area (Å²) in [6.07, 6.45) is 5.90. The van der Waals surface area contributed by atoms with Crippen LogP contribution in [0.3, 0.4) is 0 Å². The number of aromatic amines is 1. The number of rotatable bonds is 3. The van der Waals surface area contributed by atoms with Gasteiger partial charge in [-0.1, -0.05) is 0 Å². The van der Waals surface area contributed by atoms with Gasteiger partial charge in [-0.2, -0.15) is 0 Å². The van der Waals surface area contributed by atoms with Crippen LogP contribution in [0.5, 0.6) is 0 Å². The highest BCUT2D eigenvalue weighted by atomic mass is 19.1. The van der Waals surface area contributed by atoms with Gasteiger partial charge >= 0.3 is 0 Å². The van der Waals surface area contributed by atoms with E-state index in [0.29, 0.717) is 22.4 Å². The van der Waals surface area contributed by atoms with Crippen LogP contribution >= 0.6 is 0 Å². The molecule has 24 heavy (non-hydrogen) atoms. The van der Waals surface area contributed by atoms with Crippen molar-refractivity contribution in [3.8, 4) is 11.4 Å². The van der Waals surface area contributed by atoms with E-state index >= 15 is 0 Å². The molecular weight excluding hydrogens is 314 g/mol. The third kappa shape index (κ3) is 2.80. The molecular formula is C16H16F2N6. The van der Waals surface area contributed by atoms with Crippen molar-refractivity contribution in [2.45, 2.75) is 18.9 Å². The van der Waals surface area contributed by atoms with E-state index in [1.54, 1.807) is 6.20 Å².